The van der Waals surface area contributed by atoms with Crippen molar-refractivity contribution in [2.75, 3.05) is 6.54 Å². The molecule has 0 bridgehead atoms. The van der Waals surface area contributed by atoms with Gasteiger partial charge in [0.25, 0.3) is 5.91 Å². The molecule has 1 aromatic carbocycles. The SMILES string of the molecule is CC#CC(=O)NC1CC(=O)N(C2Cc3ccccc3C2)C1. The van der Waals surface area contributed by atoms with Crippen molar-refractivity contribution in [1.29, 1.82) is 0 Å². The summed E-state index contributed by atoms with van der Waals surface area (Å²) >= 11 is 0. The highest BCUT2D eigenvalue weighted by atomic mass is 16.2. The largest absolute Gasteiger partial charge is 0.340 e. The van der Waals surface area contributed by atoms with Crippen LogP contribution in [0.15, 0.2) is 24.3 Å². The molecule has 3 rings (SSSR count). The van der Waals surface area contributed by atoms with E-state index < -0.39 is 0 Å². The number of nitrogens with zero attached hydrogens (tertiary/aromatic N) is 1. The summed E-state index contributed by atoms with van der Waals surface area (Å²) in [7, 11) is 0. The van der Waals surface area contributed by atoms with Crippen molar-refractivity contribution in [2.45, 2.75) is 38.3 Å². The summed E-state index contributed by atoms with van der Waals surface area (Å²) in [6.45, 7) is 2.22. The van der Waals surface area contributed by atoms with Crippen LogP contribution in [-0.2, 0) is 22.4 Å². The molecule has 0 aromatic heterocycles. The first-order valence-corrected chi connectivity index (χ1v) is 7.27. The number of nitrogens with one attached hydrogen (secondary N) is 1. The second-order valence-corrected chi connectivity index (χ2v) is 5.63. The van der Waals surface area contributed by atoms with Crippen molar-refractivity contribution in [1.82, 2.24) is 10.2 Å². The molecule has 4 heteroatoms. The number of likely N-dealkylation sites (tertiary alicyclic amines) is 1. The van der Waals surface area contributed by atoms with Gasteiger partial charge in [-0.25, -0.2) is 0 Å². The number of amides is 2. The third-order valence-electron chi connectivity index (χ3n) is 4.20. The Hall–Kier alpha value is -2.28. The zero-order valence-corrected chi connectivity index (χ0v) is 12.1. The van der Waals surface area contributed by atoms with Crippen molar-refractivity contribution in [3.8, 4) is 11.8 Å². The maximum atomic E-state index is 12.2. The Bertz CT molecular complexity index is 617. The van der Waals surface area contributed by atoms with Crippen LogP contribution in [0.5, 0.6) is 0 Å². The van der Waals surface area contributed by atoms with Crippen LogP contribution in [0.25, 0.3) is 0 Å². The minimum atomic E-state index is -0.299. The Balaban J connectivity index is 1.64. The van der Waals surface area contributed by atoms with Crippen LogP contribution in [0.1, 0.15) is 24.5 Å². The molecule has 1 aliphatic heterocycles. The first-order valence-electron chi connectivity index (χ1n) is 7.27. The van der Waals surface area contributed by atoms with Gasteiger partial charge in [-0.1, -0.05) is 30.2 Å². The Morgan fingerprint density at radius 2 is 1.90 bits per heavy atom. The second kappa shape index (κ2) is 5.61. The van der Waals surface area contributed by atoms with E-state index in [0.717, 1.165) is 12.8 Å². The van der Waals surface area contributed by atoms with E-state index in [-0.39, 0.29) is 23.9 Å². The molecule has 0 radical (unpaired) electrons. The van der Waals surface area contributed by atoms with Crippen LogP contribution < -0.4 is 5.32 Å². The van der Waals surface area contributed by atoms with E-state index in [1.165, 1.54) is 11.1 Å². The number of fused-ring (bicyclic) bond motifs is 1. The second-order valence-electron chi connectivity index (χ2n) is 5.63. The van der Waals surface area contributed by atoms with Crippen molar-refractivity contribution in [2.24, 2.45) is 0 Å². The fraction of sp³-hybridized carbons (Fsp3) is 0.412. The van der Waals surface area contributed by atoms with Gasteiger partial charge in [-0.2, -0.15) is 0 Å². The maximum Gasteiger partial charge on any atom is 0.296 e. The highest BCUT2D eigenvalue weighted by molar-refractivity contribution is 5.94. The molecule has 1 saturated heterocycles. The van der Waals surface area contributed by atoms with Gasteiger partial charge in [0, 0.05) is 19.0 Å². The van der Waals surface area contributed by atoms with E-state index in [1.54, 1.807) is 6.92 Å². The lowest BCUT2D eigenvalue weighted by Crippen LogP contribution is -2.40. The zero-order valence-electron chi connectivity index (χ0n) is 12.1. The zero-order chi connectivity index (χ0) is 14.8. The van der Waals surface area contributed by atoms with E-state index >= 15 is 0 Å². The van der Waals surface area contributed by atoms with E-state index in [0.29, 0.717) is 13.0 Å². The molecule has 2 aliphatic rings. The molecule has 1 heterocycles. The molecule has 1 atom stereocenters. The fourth-order valence-electron chi connectivity index (χ4n) is 3.27. The molecule has 4 nitrogen and oxygen atoms in total. The van der Waals surface area contributed by atoms with Crippen molar-refractivity contribution in [3.63, 3.8) is 0 Å². The lowest BCUT2D eigenvalue weighted by molar-refractivity contribution is -0.129. The first-order chi connectivity index (χ1) is 10.2. The third kappa shape index (κ3) is 2.78. The monoisotopic (exact) mass is 282 g/mol. The number of carbonyl (C=O) groups is 2. The van der Waals surface area contributed by atoms with E-state index in [2.05, 4.69) is 29.3 Å². The highest BCUT2D eigenvalue weighted by Gasteiger charge is 2.37. The van der Waals surface area contributed by atoms with Gasteiger partial charge in [0.1, 0.15) is 0 Å². The lowest BCUT2D eigenvalue weighted by atomic mass is 10.1. The summed E-state index contributed by atoms with van der Waals surface area (Å²) in [4.78, 5) is 25.6. The number of rotatable bonds is 2. The van der Waals surface area contributed by atoms with Crippen LogP contribution in [0, 0.1) is 11.8 Å². The maximum absolute atomic E-state index is 12.2. The summed E-state index contributed by atoms with van der Waals surface area (Å²) in [6.07, 6.45) is 2.21. The Morgan fingerprint density at radius 3 is 2.52 bits per heavy atom. The van der Waals surface area contributed by atoms with Gasteiger partial charge < -0.3 is 10.2 Å². The predicted molar refractivity (Wildman–Crippen MR) is 79.3 cm³/mol. The first kappa shape index (κ1) is 13.7. The van der Waals surface area contributed by atoms with E-state index in [9.17, 15) is 9.59 Å². The molecule has 1 aliphatic carbocycles. The quantitative estimate of drug-likeness (QED) is 0.819. The van der Waals surface area contributed by atoms with Crippen molar-refractivity contribution in [3.05, 3.63) is 35.4 Å². The van der Waals surface area contributed by atoms with Gasteiger partial charge in [-0.3, -0.25) is 9.59 Å². The minimum Gasteiger partial charge on any atom is -0.340 e. The van der Waals surface area contributed by atoms with E-state index in [1.807, 2.05) is 17.0 Å². The molecular weight excluding hydrogens is 264 g/mol. The highest BCUT2D eigenvalue weighted by Crippen LogP contribution is 2.28. The average Bonchev–Trinajstić information content (AvgIpc) is 3.02. The summed E-state index contributed by atoms with van der Waals surface area (Å²) in [5.41, 5.74) is 2.67. The molecule has 108 valence electrons. The molecule has 1 unspecified atom stereocenters. The van der Waals surface area contributed by atoms with Gasteiger partial charge in [0.05, 0.1) is 6.04 Å². The van der Waals surface area contributed by atoms with Gasteiger partial charge >= 0.3 is 0 Å². The van der Waals surface area contributed by atoms with Gasteiger partial charge in [0.2, 0.25) is 5.91 Å². The smallest absolute Gasteiger partial charge is 0.296 e. The Morgan fingerprint density at radius 1 is 1.24 bits per heavy atom. The van der Waals surface area contributed by atoms with Gasteiger partial charge in [-0.15, -0.1) is 0 Å². The molecule has 0 spiro atoms. The summed E-state index contributed by atoms with van der Waals surface area (Å²) < 4.78 is 0. The third-order valence-corrected chi connectivity index (χ3v) is 4.20. The summed E-state index contributed by atoms with van der Waals surface area (Å²) in [5.74, 6) is 4.85. The van der Waals surface area contributed by atoms with Crippen LogP contribution in [0.4, 0.5) is 0 Å². The molecule has 21 heavy (non-hydrogen) atoms. The fourth-order valence-corrected chi connectivity index (χ4v) is 3.27. The number of hydrogen-bond donors (Lipinski definition) is 1. The molecule has 1 fully saturated rings. The molecule has 1 N–H and O–H groups in total. The molecular formula is C17H18N2O2. The van der Waals surface area contributed by atoms with Gasteiger partial charge in [-0.05, 0) is 36.8 Å². The molecule has 1 aromatic rings. The number of benzene rings is 1. The van der Waals surface area contributed by atoms with Crippen LogP contribution in [0.3, 0.4) is 0 Å². The number of carbonyl (C=O) groups excluding carboxylic acids is 2. The van der Waals surface area contributed by atoms with Crippen LogP contribution in [0.2, 0.25) is 0 Å². The summed E-state index contributed by atoms with van der Waals surface area (Å²) in [6, 6.07) is 8.46. The Labute approximate surface area is 124 Å². The van der Waals surface area contributed by atoms with Crippen LogP contribution in [-0.4, -0.2) is 35.3 Å². The topological polar surface area (TPSA) is 49.4 Å². The summed E-state index contributed by atoms with van der Waals surface area (Å²) in [5, 5.41) is 2.81. The van der Waals surface area contributed by atoms with Crippen molar-refractivity contribution < 1.29 is 9.59 Å². The molecule has 0 saturated carbocycles. The minimum absolute atomic E-state index is 0.116. The number of hydrogen-bond acceptors (Lipinski definition) is 2. The lowest BCUT2D eigenvalue weighted by Gasteiger charge is -2.24. The van der Waals surface area contributed by atoms with Crippen LogP contribution >= 0.6 is 0 Å². The standard InChI is InChI=1S/C17H18N2O2/c1-2-5-16(20)18-14-10-17(21)19(11-14)15-8-12-6-3-4-7-13(12)9-15/h3-4,6-7,14-15H,8-11H2,1H3,(H,18,20). The predicted octanol–water partition coefficient (Wildman–Crippen LogP) is 0.894. The van der Waals surface area contributed by atoms with E-state index in [4.69, 9.17) is 0 Å². The normalized spacial score (nSPS) is 20.9. The van der Waals surface area contributed by atoms with Crippen molar-refractivity contribution >= 4 is 11.8 Å². The van der Waals surface area contributed by atoms with Gasteiger partial charge in [0.15, 0.2) is 0 Å². The average molecular weight is 282 g/mol. The molecule has 2 amide bonds. The Kier molecular flexibility index (Phi) is 3.66.